The van der Waals surface area contributed by atoms with Crippen LogP contribution in [-0.4, -0.2) is 0 Å². The summed E-state index contributed by atoms with van der Waals surface area (Å²) in [7, 11) is 0. The van der Waals surface area contributed by atoms with E-state index in [0.717, 1.165) is 76.4 Å². The molecule has 67 heavy (non-hydrogen) atoms. The van der Waals surface area contributed by atoms with E-state index in [1.54, 1.807) is 6.08 Å². The molecule has 0 aromatic heterocycles. The van der Waals surface area contributed by atoms with E-state index in [4.69, 9.17) is 9.47 Å². The summed E-state index contributed by atoms with van der Waals surface area (Å²) in [5.74, 6) is 2.38. The average molecular weight is 869 g/mol. The normalized spacial score (nSPS) is 14.6. The molecule has 0 spiro atoms. The van der Waals surface area contributed by atoms with Gasteiger partial charge in [0.15, 0.2) is 0 Å². The van der Waals surface area contributed by atoms with Gasteiger partial charge >= 0.3 is 0 Å². The van der Waals surface area contributed by atoms with Crippen LogP contribution in [0.25, 0.3) is 34.6 Å². The monoisotopic (exact) mass is 868 g/mol. The van der Waals surface area contributed by atoms with Crippen LogP contribution >= 0.6 is 0 Å². The van der Waals surface area contributed by atoms with Crippen LogP contribution in [-0.2, 0) is 23.0 Å². The van der Waals surface area contributed by atoms with Crippen molar-refractivity contribution >= 4 is 51.9 Å². The molecule has 0 unspecified atom stereocenters. The molecular formula is C63H52N2O2. The Morgan fingerprint density at radius 1 is 0.642 bits per heavy atom. The molecule has 4 nitrogen and oxygen atoms in total. The molecule has 4 aliphatic rings. The minimum absolute atomic E-state index is 0.155. The molecule has 0 fully saturated rings. The first kappa shape index (κ1) is 41.6. The topological polar surface area (TPSA) is 24.9 Å². The van der Waals surface area contributed by atoms with Crippen molar-refractivity contribution in [3.8, 4) is 22.6 Å². The van der Waals surface area contributed by atoms with E-state index < -0.39 is 0 Å². The zero-order valence-electron chi connectivity index (χ0n) is 38.2. The first-order valence-electron chi connectivity index (χ1n) is 23.2. The first-order chi connectivity index (χ1) is 32.7. The third-order valence-corrected chi connectivity index (χ3v) is 13.8. The molecule has 326 valence electrons. The minimum Gasteiger partial charge on any atom is -0.457 e. The van der Waals surface area contributed by atoms with Crippen LogP contribution in [0.1, 0.15) is 76.8 Å². The average Bonchev–Trinajstić information content (AvgIpc) is 3.59. The van der Waals surface area contributed by atoms with Gasteiger partial charge in [0.05, 0.1) is 5.69 Å². The molecule has 0 bridgehead atoms. The van der Waals surface area contributed by atoms with Gasteiger partial charge in [-0.05, 0) is 137 Å². The quantitative estimate of drug-likeness (QED) is 0.0955. The fraction of sp³-hybridized carbons (Fsp3) is 0.111. The number of hydrogen-bond acceptors (Lipinski definition) is 4. The Morgan fingerprint density at radius 2 is 1.30 bits per heavy atom. The van der Waals surface area contributed by atoms with Crippen LogP contribution in [0.3, 0.4) is 0 Å². The lowest BCUT2D eigenvalue weighted by Crippen LogP contribution is -2.18. The van der Waals surface area contributed by atoms with E-state index in [2.05, 4.69) is 165 Å². The molecule has 0 atom stereocenters. The van der Waals surface area contributed by atoms with Crippen LogP contribution in [0.2, 0.25) is 0 Å². The number of anilines is 5. The van der Waals surface area contributed by atoms with Crippen LogP contribution in [0, 0.1) is 0 Å². The van der Waals surface area contributed by atoms with Gasteiger partial charge in [-0.2, -0.15) is 0 Å². The second kappa shape index (κ2) is 16.7. The standard InChI is InChI=1S/C63H52N2O2/c1-7-49(37-41(2)64(45-22-10-8-11-23-45)46-24-12-9-13-25-46)66-43(4)51-30-20-32-60-62(51)42(3)50-35-33-48(40-61(50)67-60)65(59-38-44-21-14-15-26-52(44)53-27-16-17-29-56(53)59)47-34-36-55-54-28-18-19-31-57(54)63(5,6)58(55)39-47/h7-14,17-25,28-40H,1-4,15-16,26-27H2,5-6H3. The highest BCUT2D eigenvalue weighted by Crippen LogP contribution is 2.53. The predicted octanol–water partition coefficient (Wildman–Crippen LogP) is 17.0. The van der Waals surface area contributed by atoms with Gasteiger partial charge in [-0.3, -0.25) is 0 Å². The summed E-state index contributed by atoms with van der Waals surface area (Å²) >= 11 is 0. The number of rotatable bonds is 11. The van der Waals surface area contributed by atoms with Gasteiger partial charge in [-0.25, -0.2) is 0 Å². The number of allylic oxidation sites excluding steroid dienone is 4. The molecule has 11 rings (SSSR count). The van der Waals surface area contributed by atoms with E-state index in [9.17, 15) is 0 Å². The number of hydrogen-bond donors (Lipinski definition) is 0. The molecule has 1 aliphatic heterocycles. The molecular weight excluding hydrogens is 817 g/mol. The maximum Gasteiger partial charge on any atom is 0.137 e. The summed E-state index contributed by atoms with van der Waals surface area (Å²) < 4.78 is 13.4. The molecule has 0 N–H and O–H groups in total. The van der Waals surface area contributed by atoms with Gasteiger partial charge < -0.3 is 19.3 Å². The smallest absolute Gasteiger partial charge is 0.137 e. The Kier molecular flexibility index (Phi) is 10.4. The summed E-state index contributed by atoms with van der Waals surface area (Å²) in [6.45, 7) is 22.4. The second-order valence-corrected chi connectivity index (χ2v) is 18.2. The van der Waals surface area contributed by atoms with Crippen molar-refractivity contribution in [2.45, 2.75) is 44.9 Å². The molecule has 0 radical (unpaired) electrons. The van der Waals surface area contributed by atoms with E-state index in [1.807, 2.05) is 60.7 Å². The molecule has 4 heteroatoms. The molecule has 0 saturated heterocycles. The highest BCUT2D eigenvalue weighted by molar-refractivity contribution is 5.95. The zero-order valence-corrected chi connectivity index (χ0v) is 38.2. The van der Waals surface area contributed by atoms with Crippen molar-refractivity contribution in [2.24, 2.45) is 0 Å². The lowest BCUT2D eigenvalue weighted by atomic mass is 9.82. The minimum atomic E-state index is -0.155. The highest BCUT2D eigenvalue weighted by atomic mass is 16.5. The summed E-state index contributed by atoms with van der Waals surface area (Å²) in [5.41, 5.74) is 20.0. The van der Waals surface area contributed by atoms with Gasteiger partial charge in [0.25, 0.3) is 0 Å². The molecule has 7 aromatic rings. The largest absolute Gasteiger partial charge is 0.457 e. The van der Waals surface area contributed by atoms with Gasteiger partial charge in [0, 0.05) is 68.3 Å². The predicted molar refractivity (Wildman–Crippen MR) is 281 cm³/mol. The maximum absolute atomic E-state index is 6.91. The molecule has 3 aliphatic carbocycles. The van der Waals surface area contributed by atoms with Crippen LogP contribution < -0.4 is 14.5 Å². The van der Waals surface area contributed by atoms with Gasteiger partial charge in [0.2, 0.25) is 0 Å². The fourth-order valence-corrected chi connectivity index (χ4v) is 10.6. The number of ether oxygens (including phenoxy) is 2. The molecule has 1 heterocycles. The Balaban J connectivity index is 0.958. The van der Waals surface area contributed by atoms with Gasteiger partial charge in [-0.15, -0.1) is 0 Å². The lowest BCUT2D eigenvalue weighted by molar-refractivity contribution is 0.400. The Morgan fingerprint density at radius 3 is 2.04 bits per heavy atom. The SMILES string of the molecule is C=CC(=CC(=C)N(c1ccccc1)c1ccccc1)OC(=C)c1cccc2c1C(=C)c1ccc(N(c3ccc4c(c3)C(C)(C)c3ccccc3-4)c3cc4c(c5c3C=CCC5)CCC=C4)cc1O2. The summed E-state index contributed by atoms with van der Waals surface area (Å²) in [6, 6.07) is 51.1. The fourth-order valence-electron chi connectivity index (χ4n) is 10.6. The van der Waals surface area contributed by atoms with E-state index >= 15 is 0 Å². The van der Waals surface area contributed by atoms with Crippen molar-refractivity contribution in [1.29, 1.82) is 0 Å². The summed E-state index contributed by atoms with van der Waals surface area (Å²) in [6.07, 6.45) is 17.1. The van der Waals surface area contributed by atoms with Gasteiger partial charge in [0.1, 0.15) is 23.0 Å². The van der Waals surface area contributed by atoms with Crippen molar-refractivity contribution in [1.82, 2.24) is 0 Å². The Hall–Kier alpha value is -8.08. The Labute approximate surface area is 394 Å². The third-order valence-electron chi connectivity index (χ3n) is 13.8. The first-order valence-corrected chi connectivity index (χ1v) is 23.2. The van der Waals surface area contributed by atoms with Crippen LogP contribution in [0.4, 0.5) is 28.4 Å². The highest BCUT2D eigenvalue weighted by Gasteiger charge is 2.36. The third kappa shape index (κ3) is 7.17. The molecule has 0 amide bonds. The van der Waals surface area contributed by atoms with E-state index in [-0.39, 0.29) is 5.41 Å². The maximum atomic E-state index is 6.91. The number of benzene rings is 7. The van der Waals surface area contributed by atoms with Gasteiger partial charge in [-0.1, -0.05) is 143 Å². The summed E-state index contributed by atoms with van der Waals surface area (Å²) in [5, 5.41) is 0. The molecule has 0 saturated carbocycles. The van der Waals surface area contributed by atoms with Crippen molar-refractivity contribution in [3.05, 3.63) is 258 Å². The lowest BCUT2D eigenvalue weighted by Gasteiger charge is -2.33. The zero-order chi connectivity index (χ0) is 45.8. The van der Waals surface area contributed by atoms with E-state index in [0.29, 0.717) is 23.0 Å². The number of nitrogens with zero attached hydrogens (tertiary/aromatic N) is 2. The van der Waals surface area contributed by atoms with E-state index in [1.165, 1.54) is 50.2 Å². The van der Waals surface area contributed by atoms with Crippen LogP contribution in [0.15, 0.2) is 208 Å². The van der Waals surface area contributed by atoms with Crippen molar-refractivity contribution in [2.75, 3.05) is 9.80 Å². The van der Waals surface area contributed by atoms with Crippen molar-refractivity contribution in [3.63, 3.8) is 0 Å². The van der Waals surface area contributed by atoms with Crippen molar-refractivity contribution < 1.29 is 9.47 Å². The Bertz CT molecular complexity index is 3250. The number of fused-ring (bicyclic) bond motifs is 8. The summed E-state index contributed by atoms with van der Waals surface area (Å²) in [4.78, 5) is 4.53. The molecule has 7 aromatic carbocycles. The van der Waals surface area contributed by atoms with Crippen LogP contribution in [0.5, 0.6) is 11.5 Å². The number of para-hydroxylation sites is 2. The second-order valence-electron chi connectivity index (χ2n) is 18.2.